The maximum atomic E-state index is 13.7. The van der Waals surface area contributed by atoms with Crippen LogP contribution in [-0.2, 0) is 47.6 Å². The van der Waals surface area contributed by atoms with Crippen LogP contribution >= 0.6 is 34.8 Å². The fraction of sp³-hybridized carbons (Fsp3) is 0.828. The number of halogens is 3. The predicted molar refractivity (Wildman–Crippen MR) is 161 cm³/mol. The third-order valence-corrected chi connectivity index (χ3v) is 8.37. The molecule has 1 fully saturated rings. The van der Waals surface area contributed by atoms with Crippen molar-refractivity contribution in [2.24, 2.45) is 16.2 Å². The molecule has 1 N–H and O–H groups in total. The van der Waals surface area contributed by atoms with E-state index in [1.165, 1.54) is 34.6 Å². The van der Waals surface area contributed by atoms with Gasteiger partial charge in [-0.25, -0.2) is 4.79 Å². The van der Waals surface area contributed by atoms with Gasteiger partial charge < -0.3 is 28.4 Å². The highest BCUT2D eigenvalue weighted by atomic mass is 35.6. The first kappa shape index (κ1) is 39.2. The number of nitrogens with one attached hydrogen (secondary N) is 1. The van der Waals surface area contributed by atoms with Crippen LogP contribution in [0.15, 0.2) is 0 Å². The Balaban J connectivity index is 4.50. The van der Waals surface area contributed by atoms with Gasteiger partial charge in [0.15, 0.2) is 11.2 Å². The Bertz CT molecular complexity index is 1160. The van der Waals surface area contributed by atoms with Crippen molar-refractivity contribution in [2.75, 3.05) is 7.11 Å². The van der Waals surface area contributed by atoms with Crippen LogP contribution in [-0.4, -0.2) is 68.9 Å². The van der Waals surface area contributed by atoms with Gasteiger partial charge in [-0.1, -0.05) is 34.8 Å². The molecule has 1 aliphatic heterocycles. The summed E-state index contributed by atoms with van der Waals surface area (Å²) in [5.74, 6) is -7.01. The molecule has 1 rings (SSSR count). The average molecular weight is 675 g/mol. The van der Waals surface area contributed by atoms with E-state index in [1.807, 2.05) is 0 Å². The molecule has 248 valence electrons. The number of rotatable bonds is 5. The molecule has 0 aromatic heterocycles. The van der Waals surface area contributed by atoms with Gasteiger partial charge in [0.1, 0.15) is 0 Å². The van der Waals surface area contributed by atoms with Crippen molar-refractivity contribution in [1.82, 2.24) is 0 Å². The SMILES string of the molecule is COC(=O)C1(C)OC(C)(OC(=N)C(Cl)(Cl)Cl)[C@@](C)(OC(=O)C(C)(C)C)[C@](C)(OC(=O)C(C)(C)C)[C@]1(C)OC(=O)C(C)(C)C. The van der Waals surface area contributed by atoms with E-state index in [0.29, 0.717) is 0 Å². The van der Waals surface area contributed by atoms with E-state index < -0.39 is 78.0 Å². The van der Waals surface area contributed by atoms with Crippen LogP contribution in [0.4, 0.5) is 0 Å². The summed E-state index contributed by atoms with van der Waals surface area (Å²) in [6.07, 6.45) is 0. The fourth-order valence-corrected chi connectivity index (χ4v) is 4.44. The monoisotopic (exact) mass is 673 g/mol. The van der Waals surface area contributed by atoms with Gasteiger partial charge in [-0.05, 0) is 90.0 Å². The molecule has 1 heterocycles. The molecule has 0 aliphatic carbocycles. The summed E-state index contributed by atoms with van der Waals surface area (Å²) in [5.41, 5.74) is -12.8. The highest BCUT2D eigenvalue weighted by Crippen LogP contribution is 2.60. The van der Waals surface area contributed by atoms with Gasteiger partial charge >= 0.3 is 23.9 Å². The van der Waals surface area contributed by atoms with E-state index >= 15 is 0 Å². The maximum absolute atomic E-state index is 13.7. The number of hydrogen-bond acceptors (Lipinski definition) is 11. The minimum Gasteiger partial charge on any atom is -0.467 e. The number of carbonyl (C=O) groups excluding carboxylic acids is 4. The van der Waals surface area contributed by atoms with E-state index in [0.717, 1.165) is 7.11 Å². The summed E-state index contributed by atoms with van der Waals surface area (Å²) in [4.78, 5) is 54.6. The average Bonchev–Trinajstić information content (AvgIpc) is 2.79. The van der Waals surface area contributed by atoms with E-state index in [4.69, 9.17) is 68.6 Å². The molecule has 0 amide bonds. The van der Waals surface area contributed by atoms with Crippen molar-refractivity contribution >= 4 is 64.6 Å². The topological polar surface area (TPSA) is 148 Å². The Hall–Kier alpha value is -1.82. The molecule has 43 heavy (non-hydrogen) atoms. The normalized spacial score (nSPS) is 31.9. The number of methoxy groups -OCH3 is 1. The lowest BCUT2D eigenvalue weighted by molar-refractivity contribution is -0.435. The largest absolute Gasteiger partial charge is 0.467 e. The molecule has 0 aromatic rings. The third kappa shape index (κ3) is 6.89. The molecule has 0 radical (unpaired) electrons. The quantitative estimate of drug-likeness (QED) is 0.120. The lowest BCUT2D eigenvalue weighted by Gasteiger charge is -2.66. The molecular weight excluding hydrogens is 629 g/mol. The minimum atomic E-state index is -2.45. The number of carbonyl (C=O) groups is 4. The first-order valence-corrected chi connectivity index (χ1v) is 14.7. The molecule has 1 aliphatic rings. The Morgan fingerprint density at radius 3 is 1.23 bits per heavy atom. The molecular formula is C29H46Cl3NO10. The van der Waals surface area contributed by atoms with E-state index in [1.54, 1.807) is 62.3 Å². The van der Waals surface area contributed by atoms with Gasteiger partial charge in [-0.3, -0.25) is 19.8 Å². The number of alkyl halides is 3. The van der Waals surface area contributed by atoms with Crippen LogP contribution in [0.1, 0.15) is 96.9 Å². The Kier molecular flexibility index (Phi) is 10.5. The molecule has 0 bridgehead atoms. The second-order valence-electron chi connectivity index (χ2n) is 14.5. The van der Waals surface area contributed by atoms with Gasteiger partial charge in [-0.15, -0.1) is 0 Å². The third-order valence-electron chi connectivity index (χ3n) is 7.85. The van der Waals surface area contributed by atoms with Crippen LogP contribution in [0.3, 0.4) is 0 Å². The standard InChI is InChI=1S/C29H46Cl3NO10/c1-21(2,3)17(34)40-25(11)24(10,20(37)38-15)43-28(14,39-16(33)29(30,31)32)27(13,42-19(36)23(7,8)9)26(25,12)41-18(35)22(4,5)6/h33H,1-15H3/t24?,25-,26-,27+,28?/m1/s1. The number of hydrogen-bond donors (Lipinski definition) is 1. The smallest absolute Gasteiger partial charge is 0.342 e. The Morgan fingerprint density at radius 2 is 0.930 bits per heavy atom. The Labute approximate surface area is 269 Å². The summed E-state index contributed by atoms with van der Waals surface area (Å²) in [5, 5.41) is 8.38. The summed E-state index contributed by atoms with van der Waals surface area (Å²) >= 11 is 17.9. The lowest BCUT2D eigenvalue weighted by atomic mass is 9.59. The zero-order valence-electron chi connectivity index (χ0n) is 27.7. The molecule has 14 heteroatoms. The summed E-state index contributed by atoms with van der Waals surface area (Å²) in [6, 6.07) is 0. The van der Waals surface area contributed by atoms with Gasteiger partial charge in [0.05, 0.1) is 23.4 Å². The second kappa shape index (κ2) is 11.5. The van der Waals surface area contributed by atoms with Crippen LogP contribution in [0, 0.1) is 21.7 Å². The molecule has 0 saturated carbocycles. The van der Waals surface area contributed by atoms with Gasteiger partial charge in [0.2, 0.25) is 17.1 Å². The molecule has 0 aromatic carbocycles. The molecule has 5 atom stereocenters. The zero-order valence-corrected chi connectivity index (χ0v) is 30.0. The predicted octanol–water partition coefficient (Wildman–Crippen LogP) is 6.07. The second-order valence-corrected chi connectivity index (χ2v) is 16.8. The first-order chi connectivity index (χ1) is 18.7. The first-order valence-electron chi connectivity index (χ1n) is 13.5. The van der Waals surface area contributed by atoms with Crippen molar-refractivity contribution in [1.29, 1.82) is 5.41 Å². The zero-order chi connectivity index (χ0) is 34.6. The van der Waals surface area contributed by atoms with Crippen molar-refractivity contribution < 1.29 is 47.6 Å². The highest BCUT2D eigenvalue weighted by Gasteiger charge is 2.84. The van der Waals surface area contributed by atoms with Crippen LogP contribution in [0.2, 0.25) is 0 Å². The molecule has 1 saturated heterocycles. The summed E-state index contributed by atoms with van der Waals surface area (Å²) < 4.78 is 33.3. The number of ether oxygens (including phenoxy) is 6. The van der Waals surface area contributed by atoms with E-state index in [2.05, 4.69) is 0 Å². The van der Waals surface area contributed by atoms with Crippen LogP contribution in [0.25, 0.3) is 0 Å². The van der Waals surface area contributed by atoms with Crippen molar-refractivity contribution in [3.05, 3.63) is 0 Å². The lowest BCUT2D eigenvalue weighted by Crippen LogP contribution is -2.88. The maximum Gasteiger partial charge on any atom is 0.342 e. The van der Waals surface area contributed by atoms with Crippen molar-refractivity contribution in [3.8, 4) is 0 Å². The van der Waals surface area contributed by atoms with E-state index in [9.17, 15) is 19.2 Å². The number of esters is 4. The van der Waals surface area contributed by atoms with Gasteiger partial charge in [0.25, 0.3) is 9.58 Å². The molecule has 11 nitrogen and oxygen atoms in total. The van der Waals surface area contributed by atoms with Gasteiger partial charge in [0, 0.05) is 6.92 Å². The van der Waals surface area contributed by atoms with Crippen molar-refractivity contribution in [3.63, 3.8) is 0 Å². The molecule has 0 spiro atoms. The molecule has 2 unspecified atom stereocenters. The summed E-state index contributed by atoms with van der Waals surface area (Å²) in [7, 11) is 1.07. The highest BCUT2D eigenvalue weighted by molar-refractivity contribution is 6.76. The summed E-state index contributed by atoms with van der Waals surface area (Å²) in [6.45, 7) is 20.5. The minimum absolute atomic E-state index is 0.824. The fourth-order valence-electron chi connectivity index (χ4n) is 4.33. The van der Waals surface area contributed by atoms with Gasteiger partial charge in [-0.2, -0.15) is 0 Å². The Morgan fingerprint density at radius 1 is 0.605 bits per heavy atom. The van der Waals surface area contributed by atoms with E-state index in [-0.39, 0.29) is 0 Å². The van der Waals surface area contributed by atoms with Crippen LogP contribution in [0.5, 0.6) is 0 Å². The van der Waals surface area contributed by atoms with Crippen LogP contribution < -0.4 is 0 Å². The van der Waals surface area contributed by atoms with Crippen molar-refractivity contribution in [2.45, 2.75) is 129 Å².